The van der Waals surface area contributed by atoms with Gasteiger partial charge in [0.25, 0.3) is 0 Å². The molecule has 1 aliphatic rings. The van der Waals surface area contributed by atoms with Gasteiger partial charge in [-0.15, -0.1) is 0 Å². The normalized spacial score (nSPS) is 17.5. The number of primary sulfonamides is 1. The van der Waals surface area contributed by atoms with E-state index >= 15 is 0 Å². The summed E-state index contributed by atoms with van der Waals surface area (Å²) in [5, 5.41) is 5.06. The molecule has 0 saturated heterocycles. The number of hydrogen-bond donors (Lipinski definition) is 1. The number of sulfonamides is 1. The zero-order valence-corrected chi connectivity index (χ0v) is 10.0. The van der Waals surface area contributed by atoms with Crippen LogP contribution < -0.4 is 5.14 Å². The van der Waals surface area contributed by atoms with Crippen LogP contribution in [0.3, 0.4) is 0 Å². The summed E-state index contributed by atoms with van der Waals surface area (Å²) in [6.07, 6.45) is 6.32. The van der Waals surface area contributed by atoms with E-state index in [9.17, 15) is 8.42 Å². The Morgan fingerprint density at radius 1 is 1.00 bits per heavy atom. The van der Waals surface area contributed by atoms with Gasteiger partial charge >= 0.3 is 51.4 Å². The molecule has 17 heavy (non-hydrogen) atoms. The molecule has 0 amide bonds. The Balaban J connectivity index is 0.00000144. The molecule has 0 bridgehead atoms. The Bertz CT molecular complexity index is 450. The zero-order valence-electron chi connectivity index (χ0n) is 9.22. The van der Waals surface area contributed by atoms with E-state index in [1.165, 1.54) is 37.7 Å². The van der Waals surface area contributed by atoms with Gasteiger partial charge in [0.15, 0.2) is 0 Å². The molecule has 0 aliphatic heterocycles. The first-order chi connectivity index (χ1) is 7.57. The van der Waals surface area contributed by atoms with Gasteiger partial charge < -0.3 is 0 Å². The van der Waals surface area contributed by atoms with E-state index in [1.807, 2.05) is 12.1 Å². The Kier molecular flexibility index (Phi) is 6.32. The average molecular weight is 279 g/mol. The summed E-state index contributed by atoms with van der Waals surface area (Å²) in [6, 6.07) is 7.02. The number of nitrogens with two attached hydrogens (primary N) is 1. The second-order valence-electron chi connectivity index (χ2n) is 4.45. The SMILES string of the molecule is NS(=O)(=O)c1ccc(C2CCCCC2)cc1.[KH]. The van der Waals surface area contributed by atoms with E-state index in [0.29, 0.717) is 5.92 Å². The van der Waals surface area contributed by atoms with Crippen molar-refractivity contribution in [1.29, 1.82) is 0 Å². The summed E-state index contributed by atoms with van der Waals surface area (Å²) in [6.45, 7) is 0. The fraction of sp³-hybridized carbons (Fsp3) is 0.500. The fourth-order valence-electron chi connectivity index (χ4n) is 2.37. The molecule has 0 aromatic heterocycles. The summed E-state index contributed by atoms with van der Waals surface area (Å²) in [4.78, 5) is 0.201. The molecular formula is C12H18KNO2S. The Labute approximate surface area is 146 Å². The number of benzene rings is 1. The van der Waals surface area contributed by atoms with Crippen molar-refractivity contribution in [2.24, 2.45) is 5.14 Å². The van der Waals surface area contributed by atoms with Crippen molar-refractivity contribution in [2.75, 3.05) is 0 Å². The van der Waals surface area contributed by atoms with Gasteiger partial charge in [-0.05, 0) is 36.5 Å². The van der Waals surface area contributed by atoms with Crippen molar-refractivity contribution >= 4 is 61.4 Å². The Hall–Kier alpha value is 0.766. The summed E-state index contributed by atoms with van der Waals surface area (Å²) >= 11 is 0. The van der Waals surface area contributed by atoms with Crippen LogP contribution in [-0.4, -0.2) is 59.8 Å². The molecule has 0 spiro atoms. The molecule has 5 heteroatoms. The predicted octanol–water partition coefficient (Wildman–Crippen LogP) is 1.73. The minimum absolute atomic E-state index is 0. The first-order valence-electron chi connectivity index (χ1n) is 5.70. The summed E-state index contributed by atoms with van der Waals surface area (Å²) < 4.78 is 22.2. The maximum absolute atomic E-state index is 11.1. The molecule has 0 radical (unpaired) electrons. The molecule has 1 aliphatic carbocycles. The fourth-order valence-corrected chi connectivity index (χ4v) is 2.88. The van der Waals surface area contributed by atoms with Gasteiger partial charge in [-0.3, -0.25) is 0 Å². The van der Waals surface area contributed by atoms with Crippen molar-refractivity contribution in [2.45, 2.75) is 42.9 Å². The molecule has 2 N–H and O–H groups in total. The third-order valence-corrected chi connectivity index (χ3v) is 4.21. The summed E-state index contributed by atoms with van der Waals surface area (Å²) in [5.41, 5.74) is 1.24. The maximum atomic E-state index is 11.1. The second kappa shape index (κ2) is 6.79. The monoisotopic (exact) mass is 279 g/mol. The molecular weight excluding hydrogens is 261 g/mol. The number of rotatable bonds is 2. The van der Waals surface area contributed by atoms with Crippen molar-refractivity contribution in [1.82, 2.24) is 0 Å². The molecule has 1 fully saturated rings. The topological polar surface area (TPSA) is 60.2 Å². The third-order valence-electron chi connectivity index (χ3n) is 3.29. The van der Waals surface area contributed by atoms with Crippen molar-refractivity contribution in [3.05, 3.63) is 29.8 Å². The van der Waals surface area contributed by atoms with E-state index < -0.39 is 10.0 Å². The quantitative estimate of drug-likeness (QED) is 0.838. The van der Waals surface area contributed by atoms with E-state index in [0.717, 1.165) is 0 Å². The van der Waals surface area contributed by atoms with E-state index in [4.69, 9.17) is 5.14 Å². The van der Waals surface area contributed by atoms with Gasteiger partial charge in [0.05, 0.1) is 4.90 Å². The van der Waals surface area contributed by atoms with Crippen LogP contribution in [0.4, 0.5) is 0 Å². The molecule has 0 atom stereocenters. The first kappa shape index (κ1) is 15.8. The van der Waals surface area contributed by atoms with Gasteiger partial charge in [0.2, 0.25) is 10.0 Å². The summed E-state index contributed by atoms with van der Waals surface area (Å²) in [5.74, 6) is 0.600. The minimum atomic E-state index is -3.55. The average Bonchev–Trinajstić information content (AvgIpc) is 2.29. The van der Waals surface area contributed by atoms with Gasteiger partial charge in [-0.25, -0.2) is 13.6 Å². The van der Waals surface area contributed by atoms with Crippen LogP contribution in [0.5, 0.6) is 0 Å². The van der Waals surface area contributed by atoms with Crippen molar-refractivity contribution in [3.8, 4) is 0 Å². The van der Waals surface area contributed by atoms with Gasteiger partial charge in [0.1, 0.15) is 0 Å². The molecule has 1 aromatic carbocycles. The molecule has 1 aromatic rings. The first-order valence-corrected chi connectivity index (χ1v) is 7.25. The van der Waals surface area contributed by atoms with Gasteiger partial charge in [0, 0.05) is 0 Å². The van der Waals surface area contributed by atoms with Crippen LogP contribution in [0.25, 0.3) is 0 Å². The van der Waals surface area contributed by atoms with Gasteiger partial charge in [-0.2, -0.15) is 0 Å². The van der Waals surface area contributed by atoms with Gasteiger partial charge in [-0.1, -0.05) is 31.4 Å². The van der Waals surface area contributed by atoms with E-state index in [-0.39, 0.29) is 56.3 Å². The molecule has 0 heterocycles. The van der Waals surface area contributed by atoms with Crippen LogP contribution in [0.2, 0.25) is 0 Å². The molecule has 3 nitrogen and oxygen atoms in total. The molecule has 0 unspecified atom stereocenters. The van der Waals surface area contributed by atoms with Crippen molar-refractivity contribution < 1.29 is 8.42 Å². The second-order valence-corrected chi connectivity index (χ2v) is 6.01. The van der Waals surface area contributed by atoms with Crippen LogP contribution in [0, 0.1) is 0 Å². The molecule has 2 rings (SSSR count). The van der Waals surface area contributed by atoms with Crippen LogP contribution in [0.1, 0.15) is 43.6 Å². The third kappa shape index (κ3) is 4.42. The Morgan fingerprint density at radius 2 is 1.53 bits per heavy atom. The zero-order chi connectivity index (χ0) is 11.6. The Morgan fingerprint density at radius 3 is 2.00 bits per heavy atom. The van der Waals surface area contributed by atoms with Crippen LogP contribution in [0.15, 0.2) is 29.2 Å². The van der Waals surface area contributed by atoms with Crippen LogP contribution in [-0.2, 0) is 10.0 Å². The molecule has 1 saturated carbocycles. The predicted molar refractivity (Wildman–Crippen MR) is 70.8 cm³/mol. The van der Waals surface area contributed by atoms with Crippen molar-refractivity contribution in [3.63, 3.8) is 0 Å². The standard InChI is InChI=1S/C12H17NO2S.K.H/c13-16(14,15)12-8-6-11(7-9-12)10-4-2-1-3-5-10;;/h6-10H,1-5H2,(H2,13,14,15);;. The number of hydrogen-bond acceptors (Lipinski definition) is 2. The van der Waals surface area contributed by atoms with Crippen LogP contribution >= 0.6 is 0 Å². The van der Waals surface area contributed by atoms with E-state index in [2.05, 4.69) is 0 Å². The molecule has 90 valence electrons. The van der Waals surface area contributed by atoms with E-state index in [1.54, 1.807) is 12.1 Å². The summed E-state index contributed by atoms with van der Waals surface area (Å²) in [7, 11) is -3.55.